The molecule has 10 nitrogen and oxygen atoms in total. The highest BCUT2D eigenvalue weighted by Gasteiger charge is 2.27. The first-order valence-corrected chi connectivity index (χ1v) is 16.0. The van der Waals surface area contributed by atoms with E-state index in [1.165, 1.54) is 70.6 Å². The van der Waals surface area contributed by atoms with Crippen LogP contribution in [0.2, 0.25) is 0 Å². The van der Waals surface area contributed by atoms with Gasteiger partial charge in [0.2, 0.25) is 0 Å². The van der Waals surface area contributed by atoms with E-state index in [4.69, 9.17) is 19.1 Å². The summed E-state index contributed by atoms with van der Waals surface area (Å²) < 4.78 is 31.6. The Hall–Kier alpha value is -1.03. The van der Waals surface area contributed by atoms with Crippen molar-refractivity contribution in [3.8, 4) is 0 Å². The molecule has 0 aromatic rings. The Morgan fingerprint density at radius 2 is 1.18 bits per heavy atom. The standard InChI is InChI=1S/C27H53O10P/c1-3-5-6-7-8-9-10-11-12-13-14-15-16-17-18-19-27(31)37-25(22-34-26(30)4-2)23-36-38(32,33)35-21-24(29)20-28/h24-25,28-29H,3-23H2,1-2H3,(H,32,33). The summed E-state index contributed by atoms with van der Waals surface area (Å²) in [6.07, 6.45) is 16.2. The molecule has 0 bridgehead atoms. The fraction of sp³-hybridized carbons (Fsp3) is 0.926. The molecule has 0 aliphatic rings. The van der Waals surface area contributed by atoms with E-state index >= 15 is 0 Å². The van der Waals surface area contributed by atoms with Crippen LogP contribution in [0.5, 0.6) is 0 Å². The van der Waals surface area contributed by atoms with Gasteiger partial charge in [0.1, 0.15) is 12.7 Å². The molecule has 226 valence electrons. The van der Waals surface area contributed by atoms with Crippen molar-refractivity contribution < 1.29 is 47.8 Å². The molecule has 0 radical (unpaired) electrons. The van der Waals surface area contributed by atoms with Crippen molar-refractivity contribution in [2.75, 3.05) is 26.4 Å². The monoisotopic (exact) mass is 568 g/mol. The van der Waals surface area contributed by atoms with E-state index in [1.807, 2.05) is 0 Å². The summed E-state index contributed by atoms with van der Waals surface area (Å²) in [4.78, 5) is 33.4. The molecule has 3 unspecified atom stereocenters. The van der Waals surface area contributed by atoms with E-state index in [9.17, 15) is 24.2 Å². The van der Waals surface area contributed by atoms with E-state index in [0.29, 0.717) is 6.42 Å². The largest absolute Gasteiger partial charge is 0.472 e. The minimum atomic E-state index is -4.57. The first-order valence-electron chi connectivity index (χ1n) is 14.5. The lowest BCUT2D eigenvalue weighted by Crippen LogP contribution is -2.29. The molecule has 0 aromatic carbocycles. The molecule has 0 aliphatic heterocycles. The van der Waals surface area contributed by atoms with E-state index in [-0.39, 0.29) is 19.4 Å². The number of esters is 2. The van der Waals surface area contributed by atoms with Crippen LogP contribution in [-0.4, -0.2) is 65.7 Å². The number of aliphatic hydroxyl groups is 2. The quantitative estimate of drug-likeness (QED) is 0.0649. The average molecular weight is 569 g/mol. The molecule has 0 aromatic heterocycles. The maximum Gasteiger partial charge on any atom is 0.472 e. The molecular weight excluding hydrogens is 515 g/mol. The Bertz CT molecular complexity index is 631. The van der Waals surface area contributed by atoms with E-state index < -0.39 is 51.8 Å². The Morgan fingerprint density at radius 1 is 0.711 bits per heavy atom. The number of phosphoric acid groups is 1. The van der Waals surface area contributed by atoms with E-state index in [0.717, 1.165) is 19.3 Å². The Kier molecular flexibility index (Phi) is 24.3. The second kappa shape index (κ2) is 25.0. The zero-order valence-electron chi connectivity index (χ0n) is 23.7. The number of phosphoric ester groups is 1. The molecule has 11 heteroatoms. The third-order valence-corrected chi connectivity index (χ3v) is 7.02. The minimum Gasteiger partial charge on any atom is -0.462 e. The van der Waals surface area contributed by atoms with Crippen molar-refractivity contribution in [2.45, 2.75) is 135 Å². The summed E-state index contributed by atoms with van der Waals surface area (Å²) >= 11 is 0. The highest BCUT2D eigenvalue weighted by atomic mass is 31.2. The number of hydrogen-bond acceptors (Lipinski definition) is 9. The molecule has 0 saturated heterocycles. The third-order valence-electron chi connectivity index (χ3n) is 6.07. The summed E-state index contributed by atoms with van der Waals surface area (Å²) in [5, 5.41) is 18.0. The molecule has 0 rings (SSSR count). The highest BCUT2D eigenvalue weighted by molar-refractivity contribution is 7.47. The summed E-state index contributed by atoms with van der Waals surface area (Å²) in [5.74, 6) is -1.02. The normalized spacial score (nSPS) is 14.6. The second-order valence-corrected chi connectivity index (χ2v) is 11.2. The third kappa shape index (κ3) is 24.0. The Balaban J connectivity index is 4.04. The van der Waals surface area contributed by atoms with E-state index in [1.54, 1.807) is 6.92 Å². The van der Waals surface area contributed by atoms with Crippen molar-refractivity contribution in [1.82, 2.24) is 0 Å². The molecule has 0 fully saturated rings. The molecule has 3 N–H and O–H groups in total. The maximum absolute atomic E-state index is 12.2. The van der Waals surface area contributed by atoms with Gasteiger partial charge in [-0.1, -0.05) is 104 Å². The summed E-state index contributed by atoms with van der Waals surface area (Å²) in [6.45, 7) is 1.73. The van der Waals surface area contributed by atoms with Crippen molar-refractivity contribution in [3.05, 3.63) is 0 Å². The van der Waals surface area contributed by atoms with Crippen LogP contribution >= 0.6 is 7.82 Å². The lowest BCUT2D eigenvalue weighted by Gasteiger charge is -2.20. The minimum absolute atomic E-state index is 0.126. The average Bonchev–Trinajstić information content (AvgIpc) is 2.90. The van der Waals surface area contributed by atoms with Crippen LogP contribution in [0.3, 0.4) is 0 Å². The van der Waals surface area contributed by atoms with Crippen molar-refractivity contribution in [3.63, 3.8) is 0 Å². The predicted octanol–water partition coefficient (Wildman–Crippen LogP) is 5.60. The van der Waals surface area contributed by atoms with Gasteiger partial charge in [0.15, 0.2) is 6.10 Å². The number of carbonyl (C=O) groups excluding carboxylic acids is 2. The van der Waals surface area contributed by atoms with Gasteiger partial charge in [-0.05, 0) is 6.42 Å². The van der Waals surface area contributed by atoms with Crippen molar-refractivity contribution >= 4 is 19.8 Å². The predicted molar refractivity (Wildman–Crippen MR) is 145 cm³/mol. The zero-order chi connectivity index (χ0) is 28.5. The second-order valence-electron chi connectivity index (χ2n) is 9.74. The molecule has 0 spiro atoms. The summed E-state index contributed by atoms with van der Waals surface area (Å²) in [6, 6.07) is 0. The first-order chi connectivity index (χ1) is 18.2. The number of rotatable bonds is 27. The van der Waals surface area contributed by atoms with Gasteiger partial charge in [0.25, 0.3) is 0 Å². The van der Waals surface area contributed by atoms with Crippen LogP contribution in [0.15, 0.2) is 0 Å². The van der Waals surface area contributed by atoms with Crippen LogP contribution in [0, 0.1) is 0 Å². The molecule has 38 heavy (non-hydrogen) atoms. The van der Waals surface area contributed by atoms with E-state index in [2.05, 4.69) is 11.4 Å². The van der Waals surface area contributed by atoms with Gasteiger partial charge in [0.05, 0.1) is 19.8 Å². The van der Waals surface area contributed by atoms with Crippen LogP contribution in [0.4, 0.5) is 0 Å². The summed E-state index contributed by atoms with van der Waals surface area (Å²) in [7, 11) is -4.57. The first kappa shape index (κ1) is 37.0. The van der Waals surface area contributed by atoms with Gasteiger partial charge in [-0.15, -0.1) is 0 Å². The highest BCUT2D eigenvalue weighted by Crippen LogP contribution is 2.43. The maximum atomic E-state index is 12.2. The van der Waals surface area contributed by atoms with Gasteiger partial charge >= 0.3 is 19.8 Å². The van der Waals surface area contributed by atoms with Crippen LogP contribution in [0.25, 0.3) is 0 Å². The van der Waals surface area contributed by atoms with Crippen LogP contribution in [-0.2, 0) is 32.7 Å². The number of ether oxygens (including phenoxy) is 2. The Labute approximate surface area is 229 Å². The van der Waals surface area contributed by atoms with Crippen molar-refractivity contribution in [2.24, 2.45) is 0 Å². The molecule has 0 aliphatic carbocycles. The van der Waals surface area contributed by atoms with Gasteiger partial charge < -0.3 is 24.6 Å². The number of aliphatic hydroxyl groups excluding tert-OH is 2. The number of hydrogen-bond donors (Lipinski definition) is 3. The lowest BCUT2D eigenvalue weighted by molar-refractivity contribution is -0.161. The SMILES string of the molecule is CCCCCCCCCCCCCCCCCC(=O)OC(COC(=O)CC)COP(=O)(O)OCC(O)CO. The zero-order valence-corrected chi connectivity index (χ0v) is 24.5. The molecular formula is C27H53O10P. The Morgan fingerprint density at radius 3 is 1.66 bits per heavy atom. The molecule has 0 saturated carbocycles. The topological polar surface area (TPSA) is 149 Å². The van der Waals surface area contributed by atoms with Crippen LogP contribution < -0.4 is 0 Å². The van der Waals surface area contributed by atoms with Crippen LogP contribution in [0.1, 0.15) is 123 Å². The van der Waals surface area contributed by atoms with Crippen molar-refractivity contribution in [1.29, 1.82) is 0 Å². The smallest absolute Gasteiger partial charge is 0.462 e. The van der Waals surface area contributed by atoms with Gasteiger partial charge in [-0.3, -0.25) is 18.6 Å². The molecule has 0 heterocycles. The number of carbonyl (C=O) groups is 2. The fourth-order valence-electron chi connectivity index (χ4n) is 3.74. The molecule has 0 amide bonds. The van der Waals surface area contributed by atoms with Gasteiger partial charge in [-0.25, -0.2) is 4.57 Å². The van der Waals surface area contributed by atoms with Gasteiger partial charge in [0, 0.05) is 12.8 Å². The lowest BCUT2D eigenvalue weighted by atomic mass is 10.0. The number of unbranched alkanes of at least 4 members (excludes halogenated alkanes) is 14. The molecule has 3 atom stereocenters. The summed E-state index contributed by atoms with van der Waals surface area (Å²) in [5.41, 5.74) is 0. The van der Waals surface area contributed by atoms with Gasteiger partial charge in [-0.2, -0.15) is 0 Å². The fourth-order valence-corrected chi connectivity index (χ4v) is 4.53.